The lowest BCUT2D eigenvalue weighted by atomic mass is 9.92. The van der Waals surface area contributed by atoms with Crippen LogP contribution in [-0.2, 0) is 19.1 Å². The highest BCUT2D eigenvalue weighted by molar-refractivity contribution is 5.80. The molecule has 1 aliphatic rings. The van der Waals surface area contributed by atoms with Crippen LogP contribution < -0.4 is 0 Å². The van der Waals surface area contributed by atoms with Crippen LogP contribution in [0.25, 0.3) is 0 Å². The standard InChI is InChI=1S/C62H118O6/c1-2-3-4-5-6-7-8-9-10-11-12-13-14-15-16-17-18-19-20-21-22-23-24-25-26-27-28-29-30-31-32-33-34-35-36-37-38-39-40-41-42-43-44-45-46-47-48-49-50-51-52-53-59-54-60(65)67-57-62(55-63,56-64)58-68-61(59)66/h4-5,59,63-64H,2-3,6-58H2,1H3/b5-4+. The number of allylic oxidation sites excluding steroid dienone is 2. The Morgan fingerprint density at radius 1 is 0.382 bits per heavy atom. The molecule has 68 heavy (non-hydrogen) atoms. The van der Waals surface area contributed by atoms with E-state index in [1.54, 1.807) is 0 Å². The summed E-state index contributed by atoms with van der Waals surface area (Å²) in [6.45, 7) is 1.16. The molecule has 0 radical (unpaired) electrons. The average molecular weight is 960 g/mol. The Morgan fingerprint density at radius 3 is 0.912 bits per heavy atom. The van der Waals surface area contributed by atoms with Gasteiger partial charge in [0.25, 0.3) is 0 Å². The zero-order valence-corrected chi connectivity index (χ0v) is 45.7. The zero-order chi connectivity index (χ0) is 49.0. The third-order valence-electron chi connectivity index (χ3n) is 15.3. The molecule has 0 aromatic heterocycles. The number of aliphatic hydroxyl groups is 2. The van der Waals surface area contributed by atoms with Gasteiger partial charge in [0.05, 0.1) is 31.0 Å². The number of unbranched alkanes of at least 4 members (excludes halogenated alkanes) is 47. The van der Waals surface area contributed by atoms with E-state index in [1.165, 1.54) is 295 Å². The molecular formula is C62H118O6. The van der Waals surface area contributed by atoms with Gasteiger partial charge in [-0.2, -0.15) is 0 Å². The number of carbonyl (C=O) groups excluding carboxylic acids is 2. The fraction of sp³-hybridized carbons (Fsp3) is 0.935. The van der Waals surface area contributed by atoms with E-state index in [4.69, 9.17) is 9.47 Å². The van der Waals surface area contributed by atoms with E-state index in [1.807, 2.05) is 0 Å². The van der Waals surface area contributed by atoms with E-state index >= 15 is 0 Å². The van der Waals surface area contributed by atoms with Crippen LogP contribution in [0.4, 0.5) is 0 Å². The van der Waals surface area contributed by atoms with Crippen molar-refractivity contribution in [3.05, 3.63) is 12.2 Å². The van der Waals surface area contributed by atoms with Gasteiger partial charge in [0.2, 0.25) is 0 Å². The maximum Gasteiger partial charge on any atom is 0.309 e. The summed E-state index contributed by atoms with van der Waals surface area (Å²) in [7, 11) is 0. The van der Waals surface area contributed by atoms with Gasteiger partial charge in [-0.3, -0.25) is 9.59 Å². The number of carbonyl (C=O) groups is 2. The Hall–Kier alpha value is -1.40. The fourth-order valence-corrected chi connectivity index (χ4v) is 10.2. The van der Waals surface area contributed by atoms with Crippen LogP contribution in [0.2, 0.25) is 0 Å². The molecule has 1 fully saturated rings. The number of aliphatic hydroxyl groups excluding tert-OH is 2. The summed E-state index contributed by atoms with van der Waals surface area (Å²) < 4.78 is 10.6. The van der Waals surface area contributed by atoms with E-state index in [-0.39, 0.29) is 19.6 Å². The van der Waals surface area contributed by atoms with Crippen LogP contribution in [0, 0.1) is 11.3 Å². The van der Waals surface area contributed by atoms with Crippen LogP contribution in [0.1, 0.15) is 334 Å². The zero-order valence-electron chi connectivity index (χ0n) is 45.7. The van der Waals surface area contributed by atoms with Gasteiger partial charge in [0.15, 0.2) is 0 Å². The molecule has 0 bridgehead atoms. The van der Waals surface area contributed by atoms with Crippen LogP contribution >= 0.6 is 0 Å². The van der Waals surface area contributed by atoms with Crippen molar-refractivity contribution in [1.82, 2.24) is 0 Å². The molecule has 1 rings (SSSR count). The molecule has 1 saturated heterocycles. The number of hydrogen-bond acceptors (Lipinski definition) is 6. The molecule has 0 amide bonds. The third-order valence-corrected chi connectivity index (χ3v) is 15.3. The Kier molecular flexibility index (Phi) is 49.4. The minimum Gasteiger partial charge on any atom is -0.465 e. The Labute approximate surface area is 423 Å². The summed E-state index contributed by atoms with van der Waals surface area (Å²) >= 11 is 0. The highest BCUT2D eigenvalue weighted by Crippen LogP contribution is 2.25. The predicted octanol–water partition coefficient (Wildman–Crippen LogP) is 19.1. The lowest BCUT2D eigenvalue weighted by molar-refractivity contribution is -0.155. The minimum absolute atomic E-state index is 0.00518. The maximum absolute atomic E-state index is 12.5. The van der Waals surface area contributed by atoms with Gasteiger partial charge < -0.3 is 19.7 Å². The first-order valence-electron chi connectivity index (χ1n) is 30.8. The first-order valence-corrected chi connectivity index (χ1v) is 30.8. The largest absolute Gasteiger partial charge is 0.465 e. The SMILES string of the molecule is CCC/C=C/CCCCCCCCCCCCCCCCCCCCCCCCCCCCCCCCCCCCCCCCCCCCCCCCC1CC(=O)OCC(CO)(CO)COC1=O. The molecule has 0 aromatic rings. The molecule has 402 valence electrons. The van der Waals surface area contributed by atoms with E-state index < -0.39 is 36.5 Å². The second-order valence-electron chi connectivity index (χ2n) is 22.1. The molecule has 6 heteroatoms. The van der Waals surface area contributed by atoms with Crippen molar-refractivity contribution in [3.63, 3.8) is 0 Å². The van der Waals surface area contributed by atoms with Gasteiger partial charge in [-0.05, 0) is 25.7 Å². The Balaban J connectivity index is 1.68. The van der Waals surface area contributed by atoms with E-state index in [2.05, 4.69) is 19.1 Å². The van der Waals surface area contributed by atoms with Crippen LogP contribution in [0.5, 0.6) is 0 Å². The summed E-state index contributed by atoms with van der Waals surface area (Å²) in [4.78, 5) is 24.7. The quantitative estimate of drug-likeness (QED) is 0.0358. The van der Waals surface area contributed by atoms with Crippen LogP contribution in [0.15, 0.2) is 12.2 Å². The Morgan fingerprint density at radius 2 is 0.632 bits per heavy atom. The van der Waals surface area contributed by atoms with Crippen LogP contribution in [0.3, 0.4) is 0 Å². The first-order chi connectivity index (χ1) is 33.6. The summed E-state index contributed by atoms with van der Waals surface area (Å²) in [5, 5.41) is 19.2. The normalized spacial score (nSPS) is 15.4. The monoisotopic (exact) mass is 959 g/mol. The van der Waals surface area contributed by atoms with Crippen molar-refractivity contribution in [2.24, 2.45) is 11.3 Å². The van der Waals surface area contributed by atoms with Gasteiger partial charge in [0, 0.05) is 0 Å². The summed E-state index contributed by atoms with van der Waals surface area (Å²) in [5.41, 5.74) is -1.12. The minimum atomic E-state index is -1.12. The van der Waals surface area contributed by atoms with E-state index in [9.17, 15) is 19.8 Å². The summed E-state index contributed by atoms with van der Waals surface area (Å²) in [6.07, 6.45) is 74.2. The fourth-order valence-electron chi connectivity index (χ4n) is 10.2. The van der Waals surface area contributed by atoms with Gasteiger partial charge in [-0.25, -0.2) is 0 Å². The molecule has 1 atom stereocenters. The van der Waals surface area contributed by atoms with Crippen LogP contribution in [-0.4, -0.2) is 48.6 Å². The Bertz CT molecular complexity index is 1070. The highest BCUT2D eigenvalue weighted by Gasteiger charge is 2.36. The van der Waals surface area contributed by atoms with E-state index in [0.717, 1.165) is 19.3 Å². The van der Waals surface area contributed by atoms with Gasteiger partial charge in [0.1, 0.15) is 13.2 Å². The first kappa shape index (κ1) is 64.6. The molecule has 0 spiro atoms. The molecule has 2 N–H and O–H groups in total. The van der Waals surface area contributed by atoms with Crippen molar-refractivity contribution < 1.29 is 29.3 Å². The van der Waals surface area contributed by atoms with Crippen molar-refractivity contribution in [1.29, 1.82) is 0 Å². The number of hydrogen-bond donors (Lipinski definition) is 2. The molecule has 1 unspecified atom stereocenters. The second-order valence-corrected chi connectivity index (χ2v) is 22.1. The molecule has 1 heterocycles. The van der Waals surface area contributed by atoms with Gasteiger partial charge >= 0.3 is 11.9 Å². The number of cyclic esters (lactones) is 2. The smallest absolute Gasteiger partial charge is 0.309 e. The lowest BCUT2D eigenvalue weighted by Gasteiger charge is -2.27. The molecule has 0 saturated carbocycles. The van der Waals surface area contributed by atoms with Gasteiger partial charge in [-0.1, -0.05) is 314 Å². The predicted molar refractivity (Wildman–Crippen MR) is 292 cm³/mol. The average Bonchev–Trinajstić information content (AvgIpc) is 3.40. The highest BCUT2D eigenvalue weighted by atomic mass is 16.6. The molecule has 6 nitrogen and oxygen atoms in total. The maximum atomic E-state index is 12.5. The van der Waals surface area contributed by atoms with Crippen molar-refractivity contribution in [3.8, 4) is 0 Å². The van der Waals surface area contributed by atoms with Crippen molar-refractivity contribution in [2.45, 2.75) is 334 Å². The molecule has 1 aliphatic heterocycles. The molecule has 0 aliphatic carbocycles. The number of rotatable bonds is 53. The summed E-state index contributed by atoms with van der Waals surface area (Å²) in [6, 6.07) is 0. The van der Waals surface area contributed by atoms with Gasteiger partial charge in [-0.15, -0.1) is 0 Å². The van der Waals surface area contributed by atoms with Crippen molar-refractivity contribution in [2.75, 3.05) is 26.4 Å². The van der Waals surface area contributed by atoms with E-state index in [0.29, 0.717) is 6.42 Å². The van der Waals surface area contributed by atoms with Crippen molar-refractivity contribution >= 4 is 11.9 Å². The number of ether oxygens (including phenoxy) is 2. The summed E-state index contributed by atoms with van der Waals surface area (Å²) in [5.74, 6) is -1.40. The molecule has 0 aromatic carbocycles. The lowest BCUT2D eigenvalue weighted by Crippen LogP contribution is -2.40. The molecular weight excluding hydrogens is 841 g/mol. The second kappa shape index (κ2) is 51.9. The topological polar surface area (TPSA) is 93.1 Å². The third kappa shape index (κ3) is 43.4. The number of esters is 2.